The van der Waals surface area contributed by atoms with Gasteiger partial charge in [0.1, 0.15) is 11.5 Å². The van der Waals surface area contributed by atoms with Crippen LogP contribution in [-0.2, 0) is 0 Å². The lowest BCUT2D eigenvalue weighted by molar-refractivity contribution is 0.116. The molecule has 112 valence electrons. The third-order valence-electron chi connectivity index (χ3n) is 3.63. The second-order valence-electron chi connectivity index (χ2n) is 5.13. The second-order valence-corrected chi connectivity index (χ2v) is 5.13. The SMILES string of the molecule is CCOc1ccc(OCC)c(N[C@H]2CCCC[C@@H]2O)c1. The largest absolute Gasteiger partial charge is 0.494 e. The summed E-state index contributed by atoms with van der Waals surface area (Å²) in [5.41, 5.74) is 0.906. The number of ether oxygens (including phenoxy) is 2. The van der Waals surface area contributed by atoms with Crippen molar-refractivity contribution in [3.63, 3.8) is 0 Å². The fraction of sp³-hybridized carbons (Fsp3) is 0.625. The number of rotatable bonds is 6. The van der Waals surface area contributed by atoms with Crippen molar-refractivity contribution in [1.29, 1.82) is 0 Å². The van der Waals surface area contributed by atoms with Gasteiger partial charge in [-0.25, -0.2) is 0 Å². The van der Waals surface area contributed by atoms with Gasteiger partial charge in [-0.1, -0.05) is 12.8 Å². The van der Waals surface area contributed by atoms with Crippen LogP contribution < -0.4 is 14.8 Å². The van der Waals surface area contributed by atoms with E-state index in [1.807, 2.05) is 32.0 Å². The molecule has 1 aromatic rings. The van der Waals surface area contributed by atoms with E-state index in [4.69, 9.17) is 9.47 Å². The van der Waals surface area contributed by atoms with Crippen molar-refractivity contribution >= 4 is 5.69 Å². The number of aliphatic hydroxyl groups is 1. The molecule has 0 aliphatic heterocycles. The summed E-state index contributed by atoms with van der Waals surface area (Å²) in [4.78, 5) is 0. The van der Waals surface area contributed by atoms with Gasteiger partial charge in [0.15, 0.2) is 0 Å². The number of benzene rings is 1. The lowest BCUT2D eigenvalue weighted by Crippen LogP contribution is -2.36. The van der Waals surface area contributed by atoms with E-state index >= 15 is 0 Å². The molecule has 0 amide bonds. The van der Waals surface area contributed by atoms with Gasteiger partial charge in [-0.3, -0.25) is 0 Å². The van der Waals surface area contributed by atoms with E-state index in [2.05, 4.69) is 5.32 Å². The van der Waals surface area contributed by atoms with Crippen molar-refractivity contribution in [3.8, 4) is 11.5 Å². The van der Waals surface area contributed by atoms with Crippen LogP contribution in [0.1, 0.15) is 39.5 Å². The molecular formula is C16H25NO3. The van der Waals surface area contributed by atoms with Gasteiger partial charge in [0.25, 0.3) is 0 Å². The minimum Gasteiger partial charge on any atom is -0.494 e. The highest BCUT2D eigenvalue weighted by Crippen LogP contribution is 2.32. The summed E-state index contributed by atoms with van der Waals surface area (Å²) in [5.74, 6) is 1.64. The number of hydrogen-bond acceptors (Lipinski definition) is 4. The summed E-state index contributed by atoms with van der Waals surface area (Å²) in [5, 5.41) is 13.5. The van der Waals surface area contributed by atoms with Crippen molar-refractivity contribution in [2.24, 2.45) is 0 Å². The Morgan fingerprint density at radius 1 is 1.15 bits per heavy atom. The minimum atomic E-state index is -0.283. The molecule has 0 aromatic heterocycles. The van der Waals surface area contributed by atoms with Crippen LogP contribution in [0.3, 0.4) is 0 Å². The van der Waals surface area contributed by atoms with Crippen molar-refractivity contribution in [2.45, 2.75) is 51.7 Å². The Labute approximate surface area is 121 Å². The maximum atomic E-state index is 10.1. The van der Waals surface area contributed by atoms with Crippen LogP contribution >= 0.6 is 0 Å². The summed E-state index contributed by atoms with van der Waals surface area (Å²) in [7, 11) is 0. The first-order chi connectivity index (χ1) is 9.74. The Morgan fingerprint density at radius 2 is 1.90 bits per heavy atom. The third-order valence-corrected chi connectivity index (χ3v) is 3.63. The molecule has 0 saturated heterocycles. The van der Waals surface area contributed by atoms with Crippen LogP contribution in [0.4, 0.5) is 5.69 Å². The van der Waals surface area contributed by atoms with E-state index in [-0.39, 0.29) is 12.1 Å². The van der Waals surface area contributed by atoms with Crippen molar-refractivity contribution in [3.05, 3.63) is 18.2 Å². The lowest BCUT2D eigenvalue weighted by atomic mass is 9.92. The molecule has 2 atom stereocenters. The molecule has 1 fully saturated rings. The van der Waals surface area contributed by atoms with Crippen molar-refractivity contribution < 1.29 is 14.6 Å². The predicted molar refractivity (Wildman–Crippen MR) is 80.7 cm³/mol. The van der Waals surface area contributed by atoms with Crippen molar-refractivity contribution in [1.82, 2.24) is 0 Å². The summed E-state index contributed by atoms with van der Waals surface area (Å²) in [6.45, 7) is 5.19. The fourth-order valence-electron chi connectivity index (χ4n) is 2.64. The third kappa shape index (κ3) is 3.79. The van der Waals surface area contributed by atoms with Crippen LogP contribution in [0.15, 0.2) is 18.2 Å². The molecule has 0 spiro atoms. The van der Waals surface area contributed by atoms with E-state index in [0.717, 1.165) is 42.9 Å². The highest BCUT2D eigenvalue weighted by molar-refractivity contribution is 5.60. The monoisotopic (exact) mass is 279 g/mol. The van der Waals surface area contributed by atoms with Gasteiger partial charge in [0.2, 0.25) is 0 Å². The number of anilines is 1. The fourth-order valence-corrected chi connectivity index (χ4v) is 2.64. The molecule has 1 saturated carbocycles. The van der Waals surface area contributed by atoms with Gasteiger partial charge in [-0.15, -0.1) is 0 Å². The average molecular weight is 279 g/mol. The maximum absolute atomic E-state index is 10.1. The molecular weight excluding hydrogens is 254 g/mol. The molecule has 0 bridgehead atoms. The van der Waals surface area contributed by atoms with Crippen LogP contribution in [0, 0.1) is 0 Å². The van der Waals surface area contributed by atoms with Gasteiger partial charge in [-0.05, 0) is 38.8 Å². The first-order valence-electron chi connectivity index (χ1n) is 7.58. The van der Waals surface area contributed by atoms with Crippen LogP contribution in [0.5, 0.6) is 11.5 Å². The molecule has 0 heterocycles. The zero-order chi connectivity index (χ0) is 14.4. The summed E-state index contributed by atoms with van der Waals surface area (Å²) >= 11 is 0. The first-order valence-corrected chi connectivity index (χ1v) is 7.58. The molecule has 0 unspecified atom stereocenters. The number of aliphatic hydroxyl groups excluding tert-OH is 1. The molecule has 2 N–H and O–H groups in total. The van der Waals surface area contributed by atoms with E-state index in [1.54, 1.807) is 0 Å². The maximum Gasteiger partial charge on any atom is 0.142 e. The average Bonchev–Trinajstić information content (AvgIpc) is 2.45. The van der Waals surface area contributed by atoms with Crippen LogP contribution in [-0.4, -0.2) is 30.5 Å². The Bertz CT molecular complexity index is 422. The highest BCUT2D eigenvalue weighted by atomic mass is 16.5. The summed E-state index contributed by atoms with van der Waals surface area (Å²) in [6, 6.07) is 5.89. The summed E-state index contributed by atoms with van der Waals surface area (Å²) < 4.78 is 11.2. The van der Waals surface area contributed by atoms with Gasteiger partial charge in [-0.2, -0.15) is 0 Å². The Hall–Kier alpha value is -1.42. The molecule has 1 aliphatic carbocycles. The number of hydrogen-bond donors (Lipinski definition) is 2. The molecule has 20 heavy (non-hydrogen) atoms. The smallest absolute Gasteiger partial charge is 0.142 e. The summed E-state index contributed by atoms with van der Waals surface area (Å²) in [6.07, 6.45) is 3.84. The quantitative estimate of drug-likeness (QED) is 0.839. The Balaban J connectivity index is 2.15. The number of nitrogens with one attached hydrogen (secondary N) is 1. The van der Waals surface area contributed by atoms with Gasteiger partial charge in [0.05, 0.1) is 31.0 Å². The molecule has 4 nitrogen and oxygen atoms in total. The molecule has 2 rings (SSSR count). The normalized spacial score (nSPS) is 22.4. The van der Waals surface area contributed by atoms with Crippen LogP contribution in [0.25, 0.3) is 0 Å². The predicted octanol–water partition coefficient (Wildman–Crippen LogP) is 3.20. The van der Waals surface area contributed by atoms with Crippen LogP contribution in [0.2, 0.25) is 0 Å². The standard InChI is InChI=1S/C16H25NO3/c1-3-19-12-9-10-16(20-4-2)14(11-12)17-13-7-5-6-8-15(13)18/h9-11,13,15,17-18H,3-8H2,1-2H3/t13-,15-/m0/s1. The van der Waals surface area contributed by atoms with E-state index < -0.39 is 0 Å². The molecule has 4 heteroatoms. The topological polar surface area (TPSA) is 50.7 Å². The Kier molecular flexibility index (Phi) is 5.53. The molecule has 1 aromatic carbocycles. The van der Waals surface area contributed by atoms with E-state index in [1.165, 1.54) is 0 Å². The zero-order valence-corrected chi connectivity index (χ0v) is 12.4. The zero-order valence-electron chi connectivity index (χ0n) is 12.4. The van der Waals surface area contributed by atoms with Gasteiger partial charge in [0, 0.05) is 6.07 Å². The second kappa shape index (κ2) is 7.39. The first kappa shape index (κ1) is 15.0. The van der Waals surface area contributed by atoms with Crippen molar-refractivity contribution in [2.75, 3.05) is 18.5 Å². The Morgan fingerprint density at radius 3 is 2.60 bits per heavy atom. The van der Waals surface area contributed by atoms with Gasteiger partial charge >= 0.3 is 0 Å². The highest BCUT2D eigenvalue weighted by Gasteiger charge is 2.23. The van der Waals surface area contributed by atoms with E-state index in [9.17, 15) is 5.11 Å². The van der Waals surface area contributed by atoms with Gasteiger partial charge < -0.3 is 19.9 Å². The lowest BCUT2D eigenvalue weighted by Gasteiger charge is -2.30. The minimum absolute atomic E-state index is 0.0971. The molecule has 0 radical (unpaired) electrons. The van der Waals surface area contributed by atoms with E-state index in [0.29, 0.717) is 13.2 Å². The molecule has 1 aliphatic rings.